The first-order valence-electron chi connectivity index (χ1n) is 12.3. The molecular formula is C27H37Cl2N3O4S. The van der Waals surface area contributed by atoms with Crippen LogP contribution in [0.1, 0.15) is 56.7 Å². The third-order valence-corrected chi connectivity index (χ3v) is 7.95. The third-order valence-electron chi connectivity index (χ3n) is 6.17. The largest absolute Gasteiger partial charge is 0.352 e. The number of hydrogen-bond donors (Lipinski definition) is 1. The Morgan fingerprint density at radius 2 is 1.65 bits per heavy atom. The monoisotopic (exact) mass is 569 g/mol. The molecule has 2 atom stereocenters. The second kappa shape index (κ2) is 13.5. The number of nitrogens with zero attached hydrogens (tertiary/aromatic N) is 2. The van der Waals surface area contributed by atoms with E-state index < -0.39 is 16.1 Å². The minimum Gasteiger partial charge on any atom is -0.352 e. The van der Waals surface area contributed by atoms with Gasteiger partial charge in [0.2, 0.25) is 21.8 Å². The molecule has 7 nitrogen and oxygen atoms in total. The Balaban J connectivity index is 2.24. The van der Waals surface area contributed by atoms with Crippen LogP contribution >= 0.6 is 23.2 Å². The standard InChI is InChI=1S/C27H37Cl2N3O4S/c1-7-20(4)30-27(34)21(5)31(17-22-10-11-23(28)16-25(22)29)26(33)9-8-12-32(37(6,35)36)24-14-18(2)13-19(3)15-24/h10-11,13-16,20-21H,7-9,12,17H2,1-6H3,(H,30,34)/t20-,21-/m0/s1. The van der Waals surface area contributed by atoms with E-state index in [4.69, 9.17) is 23.2 Å². The molecule has 0 saturated heterocycles. The molecule has 0 aliphatic heterocycles. The van der Waals surface area contributed by atoms with Crippen molar-refractivity contribution in [1.29, 1.82) is 0 Å². The Kier molecular flexibility index (Phi) is 11.3. The van der Waals surface area contributed by atoms with Crippen LogP contribution < -0.4 is 9.62 Å². The molecule has 0 aliphatic rings. The molecule has 0 aliphatic carbocycles. The number of amides is 2. The van der Waals surface area contributed by atoms with Crippen molar-refractivity contribution in [3.8, 4) is 0 Å². The third kappa shape index (κ3) is 9.20. The molecule has 1 N–H and O–H groups in total. The SMILES string of the molecule is CC[C@H](C)NC(=O)[C@H](C)N(Cc1ccc(Cl)cc1Cl)C(=O)CCCN(c1cc(C)cc(C)c1)S(C)(=O)=O. The Morgan fingerprint density at radius 1 is 1.03 bits per heavy atom. The highest BCUT2D eigenvalue weighted by Gasteiger charge is 2.28. The molecule has 37 heavy (non-hydrogen) atoms. The minimum atomic E-state index is -3.56. The zero-order valence-electron chi connectivity index (χ0n) is 22.3. The van der Waals surface area contributed by atoms with Crippen molar-refractivity contribution in [3.05, 3.63) is 63.1 Å². The first-order valence-corrected chi connectivity index (χ1v) is 14.9. The summed E-state index contributed by atoms with van der Waals surface area (Å²) in [6.45, 7) is 9.62. The number of carbonyl (C=O) groups excluding carboxylic acids is 2. The predicted molar refractivity (Wildman–Crippen MR) is 152 cm³/mol. The van der Waals surface area contributed by atoms with Crippen LogP contribution in [0.15, 0.2) is 36.4 Å². The molecule has 10 heteroatoms. The predicted octanol–water partition coefficient (Wildman–Crippen LogP) is 5.49. The second-order valence-electron chi connectivity index (χ2n) is 9.54. The summed E-state index contributed by atoms with van der Waals surface area (Å²) in [4.78, 5) is 27.8. The fourth-order valence-electron chi connectivity index (χ4n) is 3.98. The van der Waals surface area contributed by atoms with Crippen LogP contribution in [0.25, 0.3) is 0 Å². The zero-order chi connectivity index (χ0) is 27.9. The van der Waals surface area contributed by atoms with Gasteiger partial charge in [0.15, 0.2) is 0 Å². The number of hydrogen-bond acceptors (Lipinski definition) is 4. The first-order chi connectivity index (χ1) is 17.2. The minimum absolute atomic E-state index is 0.0351. The molecule has 2 aromatic carbocycles. The summed E-state index contributed by atoms with van der Waals surface area (Å²) in [5.41, 5.74) is 3.13. The summed E-state index contributed by atoms with van der Waals surface area (Å²) in [7, 11) is -3.56. The summed E-state index contributed by atoms with van der Waals surface area (Å²) < 4.78 is 26.4. The highest BCUT2D eigenvalue weighted by atomic mass is 35.5. The molecule has 2 rings (SSSR count). The van der Waals surface area contributed by atoms with E-state index in [-0.39, 0.29) is 43.8 Å². The number of aryl methyl sites for hydroxylation is 2. The normalized spacial score (nSPS) is 13.1. The lowest BCUT2D eigenvalue weighted by atomic mass is 10.1. The van der Waals surface area contributed by atoms with Crippen molar-refractivity contribution in [2.45, 2.75) is 72.5 Å². The number of nitrogens with one attached hydrogen (secondary N) is 1. The summed E-state index contributed by atoms with van der Waals surface area (Å²) >= 11 is 12.4. The molecular weight excluding hydrogens is 533 g/mol. The van der Waals surface area contributed by atoms with Gasteiger partial charge in [-0.15, -0.1) is 0 Å². The van der Waals surface area contributed by atoms with Gasteiger partial charge in [-0.1, -0.05) is 42.3 Å². The molecule has 0 aromatic heterocycles. The van der Waals surface area contributed by atoms with Gasteiger partial charge >= 0.3 is 0 Å². The van der Waals surface area contributed by atoms with Crippen molar-refractivity contribution in [2.75, 3.05) is 17.1 Å². The number of carbonyl (C=O) groups is 2. The second-order valence-corrected chi connectivity index (χ2v) is 12.3. The molecule has 2 amide bonds. The molecule has 0 saturated carbocycles. The van der Waals surface area contributed by atoms with Crippen LogP contribution in [0.4, 0.5) is 5.69 Å². The molecule has 204 valence electrons. The first kappa shape index (κ1) is 30.9. The van der Waals surface area contributed by atoms with Gasteiger partial charge in [-0.2, -0.15) is 0 Å². The summed E-state index contributed by atoms with van der Waals surface area (Å²) in [6.07, 6.45) is 2.25. The van der Waals surface area contributed by atoms with Crippen LogP contribution in [0.3, 0.4) is 0 Å². The van der Waals surface area contributed by atoms with Gasteiger partial charge in [-0.3, -0.25) is 13.9 Å². The van der Waals surface area contributed by atoms with E-state index in [0.717, 1.165) is 23.8 Å². The van der Waals surface area contributed by atoms with Crippen LogP contribution in [0, 0.1) is 13.8 Å². The number of sulfonamides is 1. The summed E-state index contributed by atoms with van der Waals surface area (Å²) in [5.74, 6) is -0.535. The van der Waals surface area contributed by atoms with E-state index >= 15 is 0 Å². The molecule has 0 heterocycles. The Hall–Kier alpha value is -2.29. The average molecular weight is 571 g/mol. The molecule has 0 spiro atoms. The van der Waals surface area contributed by atoms with E-state index in [2.05, 4.69) is 5.32 Å². The maximum Gasteiger partial charge on any atom is 0.242 e. The van der Waals surface area contributed by atoms with Gasteiger partial charge in [0.05, 0.1) is 11.9 Å². The average Bonchev–Trinajstić information content (AvgIpc) is 2.79. The summed E-state index contributed by atoms with van der Waals surface area (Å²) in [5, 5.41) is 3.80. The Morgan fingerprint density at radius 3 is 2.19 bits per heavy atom. The fraction of sp³-hybridized carbons (Fsp3) is 0.481. The number of anilines is 1. The van der Waals surface area contributed by atoms with Gasteiger partial charge in [0, 0.05) is 35.6 Å². The van der Waals surface area contributed by atoms with Crippen molar-refractivity contribution in [1.82, 2.24) is 10.2 Å². The molecule has 0 radical (unpaired) electrons. The lowest BCUT2D eigenvalue weighted by molar-refractivity contribution is -0.140. The van der Waals surface area contributed by atoms with Crippen LogP contribution in [0.5, 0.6) is 0 Å². The lowest BCUT2D eigenvalue weighted by Crippen LogP contribution is -2.49. The van der Waals surface area contributed by atoms with Crippen molar-refractivity contribution in [2.24, 2.45) is 0 Å². The number of halogens is 2. The highest BCUT2D eigenvalue weighted by Crippen LogP contribution is 2.25. The van der Waals surface area contributed by atoms with Crippen LogP contribution in [-0.2, 0) is 26.2 Å². The topological polar surface area (TPSA) is 86.8 Å². The van der Waals surface area contributed by atoms with E-state index in [1.165, 1.54) is 9.21 Å². The lowest BCUT2D eigenvalue weighted by Gasteiger charge is -2.30. The van der Waals surface area contributed by atoms with E-state index in [1.807, 2.05) is 45.9 Å². The van der Waals surface area contributed by atoms with Crippen molar-refractivity contribution < 1.29 is 18.0 Å². The zero-order valence-corrected chi connectivity index (χ0v) is 24.7. The number of rotatable bonds is 12. The van der Waals surface area contributed by atoms with Gasteiger partial charge in [0.25, 0.3) is 0 Å². The van der Waals surface area contributed by atoms with Gasteiger partial charge < -0.3 is 10.2 Å². The molecule has 2 aromatic rings. The summed E-state index contributed by atoms with van der Waals surface area (Å²) in [6, 6.07) is 9.82. The highest BCUT2D eigenvalue weighted by molar-refractivity contribution is 7.92. The van der Waals surface area contributed by atoms with Gasteiger partial charge in [0.1, 0.15) is 6.04 Å². The quantitative estimate of drug-likeness (QED) is 0.366. The van der Waals surface area contributed by atoms with Gasteiger partial charge in [-0.05, 0) is 81.5 Å². The van der Waals surface area contributed by atoms with E-state index in [9.17, 15) is 18.0 Å². The molecule has 0 bridgehead atoms. The maximum absolute atomic E-state index is 13.4. The Bertz CT molecular complexity index is 1200. The Labute approximate surface area is 231 Å². The van der Waals surface area contributed by atoms with Crippen LogP contribution in [0.2, 0.25) is 10.0 Å². The van der Waals surface area contributed by atoms with Gasteiger partial charge in [-0.25, -0.2) is 8.42 Å². The van der Waals surface area contributed by atoms with Crippen LogP contribution in [-0.4, -0.2) is 50.0 Å². The molecule has 0 fully saturated rings. The van der Waals surface area contributed by atoms with E-state index in [0.29, 0.717) is 21.3 Å². The fourth-order valence-corrected chi connectivity index (χ4v) is 5.40. The number of benzene rings is 2. The van der Waals surface area contributed by atoms with E-state index in [1.54, 1.807) is 25.1 Å². The van der Waals surface area contributed by atoms with Crippen molar-refractivity contribution >= 4 is 50.7 Å². The smallest absolute Gasteiger partial charge is 0.242 e. The maximum atomic E-state index is 13.4. The van der Waals surface area contributed by atoms with Crippen molar-refractivity contribution in [3.63, 3.8) is 0 Å². The molecule has 0 unspecified atom stereocenters.